The molecule has 0 fully saturated rings. The molecule has 2 heteroatoms. The molecule has 52 heavy (non-hydrogen) atoms. The second-order valence-corrected chi connectivity index (χ2v) is 14.3. The minimum atomic E-state index is 1.12. The van der Waals surface area contributed by atoms with Gasteiger partial charge in [0, 0.05) is 42.2 Å². The van der Waals surface area contributed by atoms with Crippen LogP contribution in [0, 0.1) is 0 Å². The summed E-state index contributed by atoms with van der Waals surface area (Å²) in [6.07, 6.45) is 0. The molecule has 0 aliphatic heterocycles. The molecule has 10 rings (SSSR count). The molecule has 10 aromatic rings. The van der Waals surface area contributed by atoms with E-state index in [9.17, 15) is 0 Å². The highest BCUT2D eigenvalue weighted by molar-refractivity contribution is 7.26. The van der Waals surface area contributed by atoms with Crippen molar-refractivity contribution in [2.75, 3.05) is 4.90 Å². The molecule has 0 N–H and O–H groups in total. The summed E-state index contributed by atoms with van der Waals surface area (Å²) >= 11 is 1.89. The third-order valence-corrected chi connectivity index (χ3v) is 11.4. The second kappa shape index (κ2) is 12.7. The monoisotopic (exact) mass is 679 g/mol. The van der Waals surface area contributed by atoms with Crippen molar-refractivity contribution in [3.8, 4) is 33.4 Å². The van der Waals surface area contributed by atoms with Crippen LogP contribution in [0.2, 0.25) is 0 Å². The van der Waals surface area contributed by atoms with E-state index in [1.807, 2.05) is 11.3 Å². The van der Waals surface area contributed by atoms with Crippen LogP contribution in [0.25, 0.3) is 75.1 Å². The van der Waals surface area contributed by atoms with Crippen LogP contribution in [0.15, 0.2) is 200 Å². The van der Waals surface area contributed by atoms with Crippen molar-refractivity contribution in [1.29, 1.82) is 0 Å². The Morgan fingerprint density at radius 2 is 0.942 bits per heavy atom. The molecular formula is C50H33NS. The van der Waals surface area contributed by atoms with E-state index in [0.29, 0.717) is 0 Å². The molecule has 0 amide bonds. The highest BCUT2D eigenvalue weighted by atomic mass is 32.1. The minimum absolute atomic E-state index is 1.12. The van der Waals surface area contributed by atoms with Crippen LogP contribution in [0.1, 0.15) is 0 Å². The van der Waals surface area contributed by atoms with E-state index in [1.54, 1.807) is 0 Å². The molecular weight excluding hydrogens is 647 g/mol. The lowest BCUT2D eigenvalue weighted by molar-refractivity contribution is 1.31. The Bertz CT molecular complexity index is 2890. The fourth-order valence-electron chi connectivity index (χ4n) is 7.78. The lowest BCUT2D eigenvalue weighted by Gasteiger charge is -2.29. The molecule has 1 heterocycles. The number of benzene rings is 9. The van der Waals surface area contributed by atoms with Crippen molar-refractivity contribution >= 4 is 70.1 Å². The summed E-state index contributed by atoms with van der Waals surface area (Å²) in [5, 5.41) is 7.53. The van der Waals surface area contributed by atoms with Gasteiger partial charge in [0.15, 0.2) is 0 Å². The molecule has 1 aromatic heterocycles. The van der Waals surface area contributed by atoms with Gasteiger partial charge in [0.1, 0.15) is 0 Å². The highest BCUT2D eigenvalue weighted by Gasteiger charge is 2.23. The SMILES string of the molecule is c1ccc(-c2ccc(-c3ccccc3N(c3ccc4ccccc4c3)c3cc4c(sc5cccc(-c6ccccc6)c54)c4ccccc34)cc2)cc1. The molecule has 0 radical (unpaired) electrons. The van der Waals surface area contributed by atoms with Crippen molar-refractivity contribution in [3.63, 3.8) is 0 Å². The summed E-state index contributed by atoms with van der Waals surface area (Å²) in [4.78, 5) is 2.49. The van der Waals surface area contributed by atoms with Crippen molar-refractivity contribution in [1.82, 2.24) is 0 Å². The third kappa shape index (κ3) is 5.16. The van der Waals surface area contributed by atoms with Gasteiger partial charge in [-0.15, -0.1) is 11.3 Å². The van der Waals surface area contributed by atoms with E-state index < -0.39 is 0 Å². The Morgan fingerprint density at radius 1 is 0.346 bits per heavy atom. The van der Waals surface area contributed by atoms with Gasteiger partial charge < -0.3 is 4.90 Å². The Kier molecular flexibility index (Phi) is 7.41. The molecule has 0 aliphatic rings. The van der Waals surface area contributed by atoms with Crippen molar-refractivity contribution in [2.24, 2.45) is 0 Å². The highest BCUT2D eigenvalue weighted by Crippen LogP contribution is 2.50. The Balaban J connectivity index is 1.26. The zero-order valence-corrected chi connectivity index (χ0v) is 29.2. The Labute approximate surface area is 307 Å². The predicted octanol–water partition coefficient (Wildman–Crippen LogP) is 14.8. The zero-order valence-electron chi connectivity index (χ0n) is 28.4. The van der Waals surface area contributed by atoms with Gasteiger partial charge in [0.05, 0.1) is 11.4 Å². The van der Waals surface area contributed by atoms with Gasteiger partial charge in [-0.05, 0) is 68.9 Å². The third-order valence-electron chi connectivity index (χ3n) is 10.2. The van der Waals surface area contributed by atoms with E-state index in [1.165, 1.54) is 75.1 Å². The maximum atomic E-state index is 2.49. The van der Waals surface area contributed by atoms with Crippen LogP contribution in [0.3, 0.4) is 0 Å². The summed E-state index contributed by atoms with van der Waals surface area (Å²) in [5.41, 5.74) is 10.7. The maximum absolute atomic E-state index is 2.49. The van der Waals surface area contributed by atoms with Gasteiger partial charge >= 0.3 is 0 Å². The maximum Gasteiger partial charge on any atom is 0.0547 e. The molecule has 0 saturated carbocycles. The van der Waals surface area contributed by atoms with E-state index >= 15 is 0 Å². The van der Waals surface area contributed by atoms with Crippen LogP contribution < -0.4 is 4.90 Å². The molecule has 0 bridgehead atoms. The summed E-state index contributed by atoms with van der Waals surface area (Å²) in [5.74, 6) is 0. The predicted molar refractivity (Wildman–Crippen MR) is 225 cm³/mol. The number of hydrogen-bond donors (Lipinski definition) is 0. The van der Waals surface area contributed by atoms with E-state index in [2.05, 4.69) is 205 Å². The number of para-hydroxylation sites is 1. The minimum Gasteiger partial charge on any atom is -0.309 e. The number of thiophene rings is 1. The molecule has 0 aliphatic carbocycles. The lowest BCUT2D eigenvalue weighted by atomic mass is 9.96. The standard InChI is InChI=1S/C50H33NS/c1-3-14-34(15-4-1)36-26-28-38(29-27-36)41-20-11-12-24-46(41)51(40-31-30-35-16-7-8-19-39(35)32-40)47-33-45-49-42(37-17-5-2-6-18-37)23-13-25-48(49)52-50(45)44-22-10-9-21-43(44)47/h1-33H. The Hall–Kier alpha value is -6.48. The molecule has 9 aromatic carbocycles. The van der Waals surface area contributed by atoms with Crippen LogP contribution in [0.4, 0.5) is 17.1 Å². The van der Waals surface area contributed by atoms with E-state index in [4.69, 9.17) is 0 Å². The van der Waals surface area contributed by atoms with Gasteiger partial charge in [-0.3, -0.25) is 0 Å². The molecule has 1 nitrogen and oxygen atoms in total. The molecule has 0 spiro atoms. The normalized spacial score (nSPS) is 11.5. The van der Waals surface area contributed by atoms with Crippen molar-refractivity contribution in [3.05, 3.63) is 200 Å². The van der Waals surface area contributed by atoms with Crippen LogP contribution in [-0.2, 0) is 0 Å². The molecule has 244 valence electrons. The number of fused-ring (bicyclic) bond motifs is 6. The topological polar surface area (TPSA) is 3.24 Å². The van der Waals surface area contributed by atoms with Gasteiger partial charge in [0.25, 0.3) is 0 Å². The lowest BCUT2D eigenvalue weighted by Crippen LogP contribution is -2.12. The first-order valence-corrected chi connectivity index (χ1v) is 18.6. The van der Waals surface area contributed by atoms with Gasteiger partial charge in [-0.25, -0.2) is 0 Å². The number of nitrogens with zero attached hydrogens (tertiary/aromatic N) is 1. The zero-order chi connectivity index (χ0) is 34.4. The van der Waals surface area contributed by atoms with Gasteiger partial charge in [-0.2, -0.15) is 0 Å². The smallest absolute Gasteiger partial charge is 0.0547 e. The second-order valence-electron chi connectivity index (χ2n) is 13.3. The first-order valence-electron chi connectivity index (χ1n) is 17.8. The summed E-state index contributed by atoms with van der Waals surface area (Å²) < 4.78 is 2.62. The fourth-order valence-corrected chi connectivity index (χ4v) is 9.03. The van der Waals surface area contributed by atoms with Crippen LogP contribution >= 0.6 is 11.3 Å². The molecule has 0 unspecified atom stereocenters. The quantitative estimate of drug-likeness (QED) is 0.169. The Morgan fingerprint density at radius 3 is 1.75 bits per heavy atom. The van der Waals surface area contributed by atoms with E-state index in [-0.39, 0.29) is 0 Å². The largest absolute Gasteiger partial charge is 0.309 e. The fraction of sp³-hybridized carbons (Fsp3) is 0. The van der Waals surface area contributed by atoms with Crippen molar-refractivity contribution in [2.45, 2.75) is 0 Å². The van der Waals surface area contributed by atoms with Gasteiger partial charge in [0.2, 0.25) is 0 Å². The van der Waals surface area contributed by atoms with E-state index in [0.717, 1.165) is 17.1 Å². The molecule has 0 atom stereocenters. The summed E-state index contributed by atoms with van der Waals surface area (Å²) in [6, 6.07) is 72.9. The average molecular weight is 680 g/mol. The number of rotatable bonds is 6. The van der Waals surface area contributed by atoms with Crippen molar-refractivity contribution < 1.29 is 0 Å². The molecule has 0 saturated heterocycles. The first kappa shape index (κ1) is 30.4. The first-order chi connectivity index (χ1) is 25.8. The summed E-state index contributed by atoms with van der Waals surface area (Å²) in [6.45, 7) is 0. The number of hydrogen-bond acceptors (Lipinski definition) is 2. The summed E-state index contributed by atoms with van der Waals surface area (Å²) in [7, 11) is 0. The van der Waals surface area contributed by atoms with Crippen LogP contribution in [-0.4, -0.2) is 0 Å². The van der Waals surface area contributed by atoms with Crippen LogP contribution in [0.5, 0.6) is 0 Å². The van der Waals surface area contributed by atoms with Gasteiger partial charge in [-0.1, -0.05) is 170 Å². The average Bonchev–Trinajstić information content (AvgIpc) is 3.61. The number of anilines is 3.